The summed E-state index contributed by atoms with van der Waals surface area (Å²) in [6.07, 6.45) is 3.29. The number of pyridine rings is 1. The molecule has 0 aliphatic heterocycles. The van der Waals surface area contributed by atoms with Crippen molar-refractivity contribution in [1.29, 1.82) is 0 Å². The van der Waals surface area contributed by atoms with E-state index >= 15 is 0 Å². The molecule has 3 rings (SSSR count). The first kappa shape index (κ1) is 9.96. The molecule has 0 atom stereocenters. The Balaban J connectivity index is 2.39. The lowest BCUT2D eigenvalue weighted by atomic mass is 9.89. The van der Waals surface area contributed by atoms with Crippen LogP contribution in [0.3, 0.4) is 0 Å². The summed E-state index contributed by atoms with van der Waals surface area (Å²) in [6, 6.07) is 3.43. The summed E-state index contributed by atoms with van der Waals surface area (Å²) in [7, 11) is 1.75. The first-order valence-corrected chi connectivity index (χ1v) is 5.31. The van der Waals surface area contributed by atoms with Crippen molar-refractivity contribution in [2.45, 2.75) is 6.92 Å². The number of rotatable bonds is 0. The lowest BCUT2D eigenvalue weighted by Crippen LogP contribution is -2.24. The Bertz CT molecular complexity index is 666. The van der Waals surface area contributed by atoms with E-state index in [0.29, 0.717) is 16.8 Å². The van der Waals surface area contributed by atoms with Gasteiger partial charge in [0.2, 0.25) is 5.78 Å². The van der Waals surface area contributed by atoms with Crippen molar-refractivity contribution in [2.75, 3.05) is 0 Å². The summed E-state index contributed by atoms with van der Waals surface area (Å²) in [6.45, 7) is 1.82. The van der Waals surface area contributed by atoms with E-state index < -0.39 is 0 Å². The van der Waals surface area contributed by atoms with Gasteiger partial charge in [0, 0.05) is 19.4 Å². The number of ketones is 2. The molecule has 0 fully saturated rings. The van der Waals surface area contributed by atoms with Gasteiger partial charge in [-0.15, -0.1) is 0 Å². The Labute approximate surface area is 97.9 Å². The highest BCUT2D eigenvalue weighted by molar-refractivity contribution is 6.27. The Morgan fingerprint density at radius 1 is 1.18 bits per heavy atom. The number of carbonyl (C=O) groups is 2. The van der Waals surface area contributed by atoms with Gasteiger partial charge in [-0.2, -0.15) is 0 Å². The van der Waals surface area contributed by atoms with E-state index in [1.54, 1.807) is 36.1 Å². The first-order valence-electron chi connectivity index (χ1n) is 5.31. The van der Waals surface area contributed by atoms with Gasteiger partial charge < -0.3 is 4.57 Å². The van der Waals surface area contributed by atoms with Crippen LogP contribution in [-0.2, 0) is 7.05 Å². The fourth-order valence-electron chi connectivity index (χ4n) is 2.26. The smallest absolute Gasteiger partial charge is 0.229 e. The van der Waals surface area contributed by atoms with E-state index in [0.717, 1.165) is 5.56 Å². The second-order valence-corrected chi connectivity index (χ2v) is 4.20. The number of fused-ring (bicyclic) bond motifs is 2. The van der Waals surface area contributed by atoms with Crippen LogP contribution >= 0.6 is 0 Å². The highest BCUT2D eigenvalue weighted by Crippen LogP contribution is 2.27. The lowest BCUT2D eigenvalue weighted by Gasteiger charge is -2.16. The minimum Gasteiger partial charge on any atom is -0.347 e. The molecule has 4 heteroatoms. The molecule has 84 valence electrons. The fourth-order valence-corrected chi connectivity index (χ4v) is 2.26. The van der Waals surface area contributed by atoms with Crippen molar-refractivity contribution in [3.63, 3.8) is 0 Å². The number of hydrogen-bond acceptors (Lipinski definition) is 3. The molecule has 0 saturated heterocycles. The molecule has 0 N–H and O–H groups in total. The Hall–Kier alpha value is -2.23. The summed E-state index contributed by atoms with van der Waals surface area (Å²) < 4.78 is 1.67. The highest BCUT2D eigenvalue weighted by atomic mass is 16.1. The van der Waals surface area contributed by atoms with Crippen LogP contribution in [0.4, 0.5) is 0 Å². The van der Waals surface area contributed by atoms with Gasteiger partial charge in [0.15, 0.2) is 5.78 Å². The van der Waals surface area contributed by atoms with Crippen LogP contribution in [0, 0.1) is 6.92 Å². The fraction of sp³-hybridized carbons (Fsp3) is 0.154. The molecule has 0 saturated carbocycles. The zero-order valence-electron chi connectivity index (χ0n) is 9.52. The molecule has 1 aliphatic rings. The van der Waals surface area contributed by atoms with Crippen molar-refractivity contribution in [3.05, 3.63) is 52.6 Å². The van der Waals surface area contributed by atoms with E-state index in [9.17, 15) is 9.59 Å². The van der Waals surface area contributed by atoms with Gasteiger partial charge in [-0.05, 0) is 24.6 Å². The number of aromatic nitrogens is 2. The van der Waals surface area contributed by atoms with Crippen molar-refractivity contribution < 1.29 is 9.59 Å². The largest absolute Gasteiger partial charge is 0.347 e. The van der Waals surface area contributed by atoms with Crippen LogP contribution < -0.4 is 0 Å². The second-order valence-electron chi connectivity index (χ2n) is 4.20. The highest BCUT2D eigenvalue weighted by Gasteiger charge is 2.33. The van der Waals surface area contributed by atoms with Crippen molar-refractivity contribution in [3.8, 4) is 0 Å². The van der Waals surface area contributed by atoms with Crippen LogP contribution in [0.2, 0.25) is 0 Å². The van der Waals surface area contributed by atoms with Gasteiger partial charge in [-0.25, -0.2) is 0 Å². The average Bonchev–Trinajstić information content (AvgIpc) is 2.68. The van der Waals surface area contributed by atoms with Gasteiger partial charge in [-0.3, -0.25) is 14.6 Å². The van der Waals surface area contributed by atoms with Gasteiger partial charge in [0.25, 0.3) is 0 Å². The minimum absolute atomic E-state index is 0.110. The van der Waals surface area contributed by atoms with E-state index in [1.807, 2.05) is 6.92 Å². The van der Waals surface area contributed by atoms with Crippen molar-refractivity contribution in [1.82, 2.24) is 9.55 Å². The molecule has 2 aromatic rings. The van der Waals surface area contributed by atoms with Gasteiger partial charge in [0.05, 0.1) is 11.1 Å². The maximum atomic E-state index is 12.3. The maximum Gasteiger partial charge on any atom is 0.229 e. The molecule has 0 radical (unpaired) electrons. The minimum atomic E-state index is -0.175. The third-order valence-electron chi connectivity index (χ3n) is 3.13. The molecule has 0 bridgehead atoms. The van der Waals surface area contributed by atoms with Gasteiger partial charge >= 0.3 is 0 Å². The zero-order chi connectivity index (χ0) is 12.2. The molecule has 4 nitrogen and oxygen atoms in total. The predicted molar refractivity (Wildman–Crippen MR) is 61.3 cm³/mol. The molecule has 0 unspecified atom stereocenters. The molecule has 2 heterocycles. The summed E-state index contributed by atoms with van der Waals surface area (Å²) in [5, 5.41) is 0. The van der Waals surface area contributed by atoms with E-state index in [4.69, 9.17) is 0 Å². The molecular weight excluding hydrogens is 216 g/mol. The topological polar surface area (TPSA) is 52.0 Å². The number of carbonyl (C=O) groups excluding carboxylic acids is 2. The molecule has 1 aliphatic carbocycles. The maximum absolute atomic E-state index is 12.3. The first-order chi connectivity index (χ1) is 8.11. The third-order valence-corrected chi connectivity index (χ3v) is 3.13. The summed E-state index contributed by atoms with van der Waals surface area (Å²) >= 11 is 0. The Morgan fingerprint density at radius 3 is 2.71 bits per heavy atom. The predicted octanol–water partition coefficient (Wildman–Crippen LogP) is 1.50. The normalized spacial score (nSPS) is 13.5. The van der Waals surface area contributed by atoms with Crippen molar-refractivity contribution >= 4 is 11.6 Å². The molecule has 17 heavy (non-hydrogen) atoms. The average molecular weight is 226 g/mol. The lowest BCUT2D eigenvalue weighted by molar-refractivity contribution is 0.0970. The van der Waals surface area contributed by atoms with E-state index in [1.165, 1.54) is 0 Å². The quantitative estimate of drug-likeness (QED) is 0.583. The van der Waals surface area contributed by atoms with Crippen LogP contribution in [-0.4, -0.2) is 21.1 Å². The Morgan fingerprint density at radius 2 is 1.94 bits per heavy atom. The number of nitrogens with zero attached hydrogens (tertiary/aromatic N) is 2. The van der Waals surface area contributed by atoms with Crippen LogP contribution in [0.25, 0.3) is 0 Å². The van der Waals surface area contributed by atoms with Crippen LogP contribution in [0.1, 0.15) is 37.7 Å². The molecule has 0 aromatic carbocycles. The Kier molecular flexibility index (Phi) is 1.84. The van der Waals surface area contributed by atoms with Gasteiger partial charge in [-0.1, -0.05) is 0 Å². The third kappa shape index (κ3) is 1.15. The van der Waals surface area contributed by atoms with E-state index in [-0.39, 0.29) is 17.3 Å². The van der Waals surface area contributed by atoms with Crippen LogP contribution in [0.5, 0.6) is 0 Å². The van der Waals surface area contributed by atoms with Crippen LogP contribution in [0.15, 0.2) is 24.5 Å². The molecule has 0 spiro atoms. The number of hydrogen-bond donors (Lipinski definition) is 0. The summed E-state index contributed by atoms with van der Waals surface area (Å²) in [5.41, 5.74) is 2.41. The number of aryl methyl sites for hydroxylation is 2. The second kappa shape index (κ2) is 3.13. The van der Waals surface area contributed by atoms with Gasteiger partial charge in [0.1, 0.15) is 11.4 Å². The zero-order valence-corrected chi connectivity index (χ0v) is 9.52. The van der Waals surface area contributed by atoms with Crippen molar-refractivity contribution in [2.24, 2.45) is 7.05 Å². The molecule has 0 amide bonds. The summed E-state index contributed by atoms with van der Waals surface area (Å²) in [4.78, 5) is 28.6. The molecule has 2 aromatic heterocycles. The summed E-state index contributed by atoms with van der Waals surface area (Å²) in [5.74, 6) is -0.286. The van der Waals surface area contributed by atoms with E-state index in [2.05, 4.69) is 4.98 Å². The monoisotopic (exact) mass is 226 g/mol. The standard InChI is InChI=1S/C13H10N2O2/c1-7-3-5-14-10-9(7)12(16)8-4-6-15(2)11(8)13(10)17/h3-6H,1-2H3. The SMILES string of the molecule is Cc1ccnc2c1C(=O)c1ccn(C)c1C2=O. The molecular formula is C13H10N2O2.